The van der Waals surface area contributed by atoms with Crippen LogP contribution in [0.4, 0.5) is 0 Å². The highest BCUT2D eigenvalue weighted by Crippen LogP contribution is 2.10. The highest BCUT2D eigenvalue weighted by atomic mass is 16.3. The van der Waals surface area contributed by atoms with Crippen LogP contribution in [0.1, 0.15) is 5.56 Å². The van der Waals surface area contributed by atoms with E-state index in [1.165, 1.54) is 5.56 Å². The van der Waals surface area contributed by atoms with Gasteiger partial charge in [-0.3, -0.25) is 0 Å². The summed E-state index contributed by atoms with van der Waals surface area (Å²) in [4.78, 5) is 0. The van der Waals surface area contributed by atoms with Gasteiger partial charge in [-0.1, -0.05) is 12.1 Å². The molecule has 2 rings (SSSR count). The van der Waals surface area contributed by atoms with Crippen molar-refractivity contribution in [1.29, 1.82) is 0 Å². The van der Waals surface area contributed by atoms with Gasteiger partial charge in [-0.2, -0.15) is 0 Å². The van der Waals surface area contributed by atoms with Crippen molar-refractivity contribution in [3.8, 4) is 5.75 Å². The number of phenolic OH excluding ortho intramolecular Hbond substituents is 1. The molecule has 0 fully saturated rings. The summed E-state index contributed by atoms with van der Waals surface area (Å²) in [5.41, 5.74) is 1.25. The van der Waals surface area contributed by atoms with E-state index < -0.39 is 0 Å². The zero-order valence-corrected chi connectivity index (χ0v) is 7.93. The molecule has 0 unspecified atom stereocenters. The second kappa shape index (κ2) is 4.01. The third-order valence-electron chi connectivity index (χ3n) is 2.26. The van der Waals surface area contributed by atoms with Crippen LogP contribution < -0.4 is 0 Å². The molecular weight excluding hydrogens is 174 g/mol. The molecule has 1 heterocycles. The quantitative estimate of drug-likeness (QED) is 0.784. The monoisotopic (exact) mass is 187 g/mol. The molecule has 1 aromatic carbocycles. The Kier molecular flexibility index (Phi) is 2.54. The van der Waals surface area contributed by atoms with E-state index in [1.807, 2.05) is 24.3 Å². The lowest BCUT2D eigenvalue weighted by Gasteiger charge is -2.03. The van der Waals surface area contributed by atoms with E-state index in [4.69, 9.17) is 5.11 Å². The van der Waals surface area contributed by atoms with E-state index in [0.29, 0.717) is 5.75 Å². The highest BCUT2D eigenvalue weighted by molar-refractivity contribution is 5.25. The highest BCUT2D eigenvalue weighted by Gasteiger charge is 1.94. The van der Waals surface area contributed by atoms with E-state index in [2.05, 4.69) is 17.0 Å². The molecule has 2 aromatic rings. The van der Waals surface area contributed by atoms with Crippen molar-refractivity contribution in [3.05, 3.63) is 54.4 Å². The maximum Gasteiger partial charge on any atom is 0.115 e. The first-order chi connectivity index (χ1) is 6.84. The van der Waals surface area contributed by atoms with Gasteiger partial charge in [0, 0.05) is 18.9 Å². The lowest BCUT2D eigenvalue weighted by Crippen LogP contribution is -1.97. The molecule has 0 aliphatic carbocycles. The Morgan fingerprint density at radius 1 is 1.00 bits per heavy atom. The molecule has 2 heteroatoms. The van der Waals surface area contributed by atoms with Gasteiger partial charge in [-0.15, -0.1) is 0 Å². The Morgan fingerprint density at radius 2 is 1.64 bits per heavy atom. The molecule has 2 nitrogen and oxygen atoms in total. The van der Waals surface area contributed by atoms with Crippen LogP contribution in [0.3, 0.4) is 0 Å². The van der Waals surface area contributed by atoms with Gasteiger partial charge in [0.2, 0.25) is 0 Å². The molecule has 14 heavy (non-hydrogen) atoms. The molecule has 1 N–H and O–H groups in total. The number of aryl methyl sites for hydroxylation is 2. The second-order valence-electron chi connectivity index (χ2n) is 3.34. The number of aromatic nitrogens is 1. The summed E-state index contributed by atoms with van der Waals surface area (Å²) in [6.45, 7) is 0.984. The van der Waals surface area contributed by atoms with Gasteiger partial charge >= 0.3 is 0 Å². The first-order valence-corrected chi connectivity index (χ1v) is 4.73. The fourth-order valence-electron chi connectivity index (χ4n) is 1.44. The lowest BCUT2D eigenvalue weighted by molar-refractivity contribution is 0.475. The van der Waals surface area contributed by atoms with Crippen molar-refractivity contribution in [2.75, 3.05) is 0 Å². The molecule has 0 saturated carbocycles. The van der Waals surface area contributed by atoms with E-state index in [1.54, 1.807) is 12.1 Å². The van der Waals surface area contributed by atoms with E-state index in [0.717, 1.165) is 13.0 Å². The summed E-state index contributed by atoms with van der Waals surface area (Å²) in [6, 6.07) is 11.4. The molecular formula is C12H13NO. The zero-order valence-electron chi connectivity index (χ0n) is 7.93. The average molecular weight is 187 g/mol. The minimum absolute atomic E-state index is 0.328. The van der Waals surface area contributed by atoms with Crippen LogP contribution in [0.5, 0.6) is 5.75 Å². The van der Waals surface area contributed by atoms with Crippen LogP contribution in [0, 0.1) is 0 Å². The van der Waals surface area contributed by atoms with E-state index in [-0.39, 0.29) is 0 Å². The lowest BCUT2D eigenvalue weighted by atomic mass is 10.1. The van der Waals surface area contributed by atoms with Crippen molar-refractivity contribution in [2.45, 2.75) is 13.0 Å². The van der Waals surface area contributed by atoms with Gasteiger partial charge in [0.05, 0.1) is 0 Å². The third kappa shape index (κ3) is 2.16. The summed E-state index contributed by atoms with van der Waals surface area (Å²) < 4.78 is 2.15. The molecule has 0 amide bonds. The van der Waals surface area contributed by atoms with Crippen LogP contribution in [0.15, 0.2) is 48.8 Å². The summed E-state index contributed by atoms with van der Waals surface area (Å²) in [5.74, 6) is 0.328. The third-order valence-corrected chi connectivity index (χ3v) is 2.26. The fraction of sp³-hybridized carbons (Fsp3) is 0.167. The van der Waals surface area contributed by atoms with Crippen LogP contribution in [-0.2, 0) is 13.0 Å². The summed E-state index contributed by atoms with van der Waals surface area (Å²) in [7, 11) is 0. The van der Waals surface area contributed by atoms with Gasteiger partial charge in [0.25, 0.3) is 0 Å². The van der Waals surface area contributed by atoms with Crippen molar-refractivity contribution < 1.29 is 5.11 Å². The summed E-state index contributed by atoms with van der Waals surface area (Å²) in [6.07, 6.45) is 5.11. The number of rotatable bonds is 3. The Labute approximate surface area is 83.4 Å². The maximum absolute atomic E-state index is 9.10. The van der Waals surface area contributed by atoms with Crippen LogP contribution in [0.25, 0.3) is 0 Å². The Balaban J connectivity index is 1.95. The molecule has 72 valence electrons. The predicted molar refractivity (Wildman–Crippen MR) is 56.2 cm³/mol. The molecule has 0 radical (unpaired) electrons. The van der Waals surface area contributed by atoms with Crippen LogP contribution >= 0.6 is 0 Å². The largest absolute Gasteiger partial charge is 0.508 e. The molecule has 0 spiro atoms. The van der Waals surface area contributed by atoms with Crippen molar-refractivity contribution >= 4 is 0 Å². The molecule has 0 bridgehead atoms. The van der Waals surface area contributed by atoms with Gasteiger partial charge < -0.3 is 9.67 Å². The molecule has 0 aliphatic heterocycles. The standard InChI is InChI=1S/C12H13NO/c14-12-5-3-11(4-6-12)7-10-13-8-1-2-9-13/h1-6,8-9,14H,7,10H2. The number of benzene rings is 1. The zero-order chi connectivity index (χ0) is 9.80. The van der Waals surface area contributed by atoms with Crippen LogP contribution in [-0.4, -0.2) is 9.67 Å². The minimum atomic E-state index is 0.328. The van der Waals surface area contributed by atoms with Gasteiger partial charge in [0.1, 0.15) is 5.75 Å². The molecule has 0 aliphatic rings. The number of hydrogen-bond acceptors (Lipinski definition) is 1. The smallest absolute Gasteiger partial charge is 0.115 e. The van der Waals surface area contributed by atoms with Gasteiger partial charge in [0.15, 0.2) is 0 Å². The molecule has 0 saturated heterocycles. The number of phenols is 1. The van der Waals surface area contributed by atoms with E-state index >= 15 is 0 Å². The number of hydrogen-bond donors (Lipinski definition) is 1. The maximum atomic E-state index is 9.10. The first kappa shape index (κ1) is 8.88. The SMILES string of the molecule is Oc1ccc(CCn2cccc2)cc1. The Morgan fingerprint density at radius 3 is 2.29 bits per heavy atom. The Hall–Kier alpha value is -1.70. The molecule has 1 aromatic heterocycles. The topological polar surface area (TPSA) is 25.2 Å². The second-order valence-corrected chi connectivity index (χ2v) is 3.34. The first-order valence-electron chi connectivity index (χ1n) is 4.73. The van der Waals surface area contributed by atoms with Crippen LogP contribution in [0.2, 0.25) is 0 Å². The predicted octanol–water partition coefficient (Wildman–Crippen LogP) is 2.44. The normalized spacial score (nSPS) is 10.3. The number of nitrogens with zero attached hydrogens (tertiary/aromatic N) is 1. The summed E-state index contributed by atoms with van der Waals surface area (Å²) >= 11 is 0. The van der Waals surface area contributed by atoms with Crippen molar-refractivity contribution in [1.82, 2.24) is 4.57 Å². The fourth-order valence-corrected chi connectivity index (χ4v) is 1.44. The van der Waals surface area contributed by atoms with Gasteiger partial charge in [-0.05, 0) is 36.2 Å². The van der Waals surface area contributed by atoms with Crippen molar-refractivity contribution in [3.63, 3.8) is 0 Å². The van der Waals surface area contributed by atoms with E-state index in [9.17, 15) is 0 Å². The molecule has 0 atom stereocenters. The summed E-state index contributed by atoms with van der Waals surface area (Å²) in [5, 5.41) is 9.10. The Bertz CT molecular complexity index is 375. The minimum Gasteiger partial charge on any atom is -0.508 e. The van der Waals surface area contributed by atoms with Gasteiger partial charge in [-0.25, -0.2) is 0 Å². The van der Waals surface area contributed by atoms with Crippen molar-refractivity contribution in [2.24, 2.45) is 0 Å². The average Bonchev–Trinajstić information content (AvgIpc) is 2.70. The number of aromatic hydroxyl groups is 1.